The minimum Gasteiger partial charge on any atom is -0.379 e. The van der Waals surface area contributed by atoms with Crippen LogP contribution in [-0.2, 0) is 9.53 Å². The van der Waals surface area contributed by atoms with Crippen LogP contribution in [0.2, 0.25) is 0 Å². The molecule has 8 nitrogen and oxygen atoms in total. The van der Waals surface area contributed by atoms with Gasteiger partial charge in [-0.1, -0.05) is 32.8 Å². The van der Waals surface area contributed by atoms with Crippen LogP contribution in [0.5, 0.6) is 0 Å². The van der Waals surface area contributed by atoms with Gasteiger partial charge in [-0.05, 0) is 25.0 Å². The SMILES string of the molecule is CCC(CC)C(CNC(=NC)NCCC(=O)Nc1cccc(C)n1)N1CCOCC1. The molecule has 1 fully saturated rings. The van der Waals surface area contributed by atoms with Crippen LogP contribution >= 0.6 is 0 Å². The number of aromatic nitrogens is 1. The van der Waals surface area contributed by atoms with Gasteiger partial charge in [0.1, 0.15) is 5.82 Å². The van der Waals surface area contributed by atoms with Crippen molar-refractivity contribution in [2.45, 2.75) is 46.1 Å². The lowest BCUT2D eigenvalue weighted by Crippen LogP contribution is -2.53. The Morgan fingerprint density at radius 3 is 2.60 bits per heavy atom. The number of ether oxygens (including phenoxy) is 1. The van der Waals surface area contributed by atoms with Crippen LogP contribution in [0.25, 0.3) is 0 Å². The molecule has 2 rings (SSSR count). The average molecular weight is 419 g/mol. The Hall–Kier alpha value is -2.19. The maximum Gasteiger partial charge on any atom is 0.227 e. The lowest BCUT2D eigenvalue weighted by molar-refractivity contribution is -0.116. The Labute approximate surface area is 180 Å². The van der Waals surface area contributed by atoms with Gasteiger partial charge in [0.05, 0.1) is 13.2 Å². The van der Waals surface area contributed by atoms with Gasteiger partial charge >= 0.3 is 0 Å². The van der Waals surface area contributed by atoms with Crippen LogP contribution in [0, 0.1) is 12.8 Å². The first-order valence-corrected chi connectivity index (χ1v) is 11.1. The Bertz CT molecular complexity index is 671. The number of guanidine groups is 1. The number of morpholine rings is 1. The highest BCUT2D eigenvalue weighted by Crippen LogP contribution is 2.19. The molecule has 1 unspecified atom stereocenters. The molecule has 0 spiro atoms. The number of pyridine rings is 1. The third-order valence-electron chi connectivity index (χ3n) is 5.61. The van der Waals surface area contributed by atoms with Gasteiger partial charge in [0.25, 0.3) is 0 Å². The highest BCUT2D eigenvalue weighted by Gasteiger charge is 2.27. The predicted molar refractivity (Wildman–Crippen MR) is 122 cm³/mol. The smallest absolute Gasteiger partial charge is 0.227 e. The lowest BCUT2D eigenvalue weighted by Gasteiger charge is -2.39. The van der Waals surface area contributed by atoms with Crippen molar-refractivity contribution in [3.63, 3.8) is 0 Å². The molecular formula is C22H38N6O2. The van der Waals surface area contributed by atoms with E-state index in [4.69, 9.17) is 4.74 Å². The number of nitrogens with zero attached hydrogens (tertiary/aromatic N) is 3. The summed E-state index contributed by atoms with van der Waals surface area (Å²) in [6, 6.07) is 6.02. The third kappa shape index (κ3) is 7.91. The van der Waals surface area contributed by atoms with E-state index in [1.807, 2.05) is 19.1 Å². The van der Waals surface area contributed by atoms with E-state index in [1.165, 1.54) is 0 Å². The molecule has 0 saturated carbocycles. The van der Waals surface area contributed by atoms with Crippen molar-refractivity contribution in [1.29, 1.82) is 0 Å². The number of aryl methyl sites for hydroxylation is 1. The molecule has 30 heavy (non-hydrogen) atoms. The van der Waals surface area contributed by atoms with Crippen LogP contribution < -0.4 is 16.0 Å². The van der Waals surface area contributed by atoms with Crippen LogP contribution in [-0.4, -0.2) is 74.2 Å². The van der Waals surface area contributed by atoms with Gasteiger partial charge in [0, 0.05) is 51.4 Å². The van der Waals surface area contributed by atoms with Gasteiger partial charge in [-0.2, -0.15) is 0 Å². The molecule has 3 N–H and O–H groups in total. The average Bonchev–Trinajstić information content (AvgIpc) is 2.75. The van der Waals surface area contributed by atoms with Crippen molar-refractivity contribution in [2.24, 2.45) is 10.9 Å². The molecule has 168 valence electrons. The fourth-order valence-electron chi connectivity index (χ4n) is 3.87. The Morgan fingerprint density at radius 1 is 1.23 bits per heavy atom. The van der Waals surface area contributed by atoms with E-state index in [0.29, 0.717) is 30.7 Å². The molecule has 8 heteroatoms. The van der Waals surface area contributed by atoms with Crippen LogP contribution in [0.1, 0.15) is 38.8 Å². The number of hydrogen-bond donors (Lipinski definition) is 3. The number of carbonyl (C=O) groups excluding carboxylic acids is 1. The number of aliphatic imine (C=N–C) groups is 1. The molecule has 1 saturated heterocycles. The first kappa shape index (κ1) is 24.1. The molecule has 1 amide bonds. The Morgan fingerprint density at radius 2 is 1.97 bits per heavy atom. The second kappa shape index (κ2) is 13.2. The molecule has 1 aromatic heterocycles. The normalized spacial score (nSPS) is 16.4. The number of nitrogens with one attached hydrogen (secondary N) is 3. The maximum atomic E-state index is 12.2. The minimum absolute atomic E-state index is 0.0701. The Balaban J connectivity index is 1.79. The van der Waals surface area contributed by atoms with Gasteiger partial charge < -0.3 is 20.7 Å². The summed E-state index contributed by atoms with van der Waals surface area (Å²) in [5.74, 6) is 1.86. The van der Waals surface area contributed by atoms with E-state index in [2.05, 4.69) is 44.7 Å². The summed E-state index contributed by atoms with van der Waals surface area (Å²) < 4.78 is 5.53. The molecule has 1 aliphatic heterocycles. The monoisotopic (exact) mass is 418 g/mol. The summed E-state index contributed by atoms with van der Waals surface area (Å²) in [6.07, 6.45) is 2.65. The zero-order valence-corrected chi connectivity index (χ0v) is 18.9. The Kier molecular flexibility index (Phi) is 10.6. The number of rotatable bonds is 10. The van der Waals surface area contributed by atoms with E-state index in [1.54, 1.807) is 13.1 Å². The summed E-state index contributed by atoms with van der Waals surface area (Å²) >= 11 is 0. The molecular weight excluding hydrogens is 380 g/mol. The molecule has 0 radical (unpaired) electrons. The maximum absolute atomic E-state index is 12.2. The number of amides is 1. The van der Waals surface area contributed by atoms with Gasteiger partial charge in [0.15, 0.2) is 5.96 Å². The highest BCUT2D eigenvalue weighted by molar-refractivity contribution is 5.90. The van der Waals surface area contributed by atoms with Gasteiger partial charge in [-0.3, -0.25) is 14.7 Å². The van der Waals surface area contributed by atoms with Gasteiger partial charge in [-0.15, -0.1) is 0 Å². The topological polar surface area (TPSA) is 90.9 Å². The lowest BCUT2D eigenvalue weighted by atomic mass is 9.92. The number of carbonyl (C=O) groups is 1. The van der Waals surface area contributed by atoms with Crippen LogP contribution in [0.4, 0.5) is 5.82 Å². The van der Waals surface area contributed by atoms with E-state index in [0.717, 1.165) is 57.3 Å². The van der Waals surface area contributed by atoms with Crippen molar-refractivity contribution in [2.75, 3.05) is 51.8 Å². The van der Waals surface area contributed by atoms with Gasteiger partial charge in [-0.25, -0.2) is 4.98 Å². The standard InChI is InChI=1S/C22H38N6O2/c1-5-18(6-2)19(28-12-14-30-15-13-28)16-25-22(23-4)24-11-10-21(29)27-20-9-7-8-17(3)26-20/h7-9,18-19H,5-6,10-16H2,1-4H3,(H2,23,24,25)(H,26,27,29). The molecule has 0 bridgehead atoms. The van der Waals surface area contributed by atoms with Gasteiger partial charge in [0.2, 0.25) is 5.91 Å². The predicted octanol–water partition coefficient (Wildman–Crippen LogP) is 2.02. The van der Waals surface area contributed by atoms with Crippen molar-refractivity contribution in [3.8, 4) is 0 Å². The molecule has 1 atom stereocenters. The first-order valence-electron chi connectivity index (χ1n) is 11.1. The highest BCUT2D eigenvalue weighted by atomic mass is 16.5. The quantitative estimate of drug-likeness (QED) is 0.398. The number of anilines is 1. The largest absolute Gasteiger partial charge is 0.379 e. The molecule has 2 heterocycles. The summed E-state index contributed by atoms with van der Waals surface area (Å²) in [5.41, 5.74) is 0.878. The second-order valence-corrected chi connectivity index (χ2v) is 7.63. The summed E-state index contributed by atoms with van der Waals surface area (Å²) in [7, 11) is 1.76. The van der Waals surface area contributed by atoms with E-state index in [-0.39, 0.29) is 5.91 Å². The van der Waals surface area contributed by atoms with E-state index in [9.17, 15) is 4.79 Å². The fourth-order valence-corrected chi connectivity index (χ4v) is 3.87. The molecule has 1 aromatic rings. The zero-order valence-electron chi connectivity index (χ0n) is 18.9. The van der Waals surface area contributed by atoms with E-state index >= 15 is 0 Å². The van der Waals surface area contributed by atoms with Crippen molar-refractivity contribution in [1.82, 2.24) is 20.5 Å². The van der Waals surface area contributed by atoms with Crippen LogP contribution in [0.3, 0.4) is 0 Å². The van der Waals surface area contributed by atoms with Crippen molar-refractivity contribution >= 4 is 17.7 Å². The summed E-state index contributed by atoms with van der Waals surface area (Å²) in [5, 5.41) is 9.53. The first-order chi connectivity index (χ1) is 14.6. The summed E-state index contributed by atoms with van der Waals surface area (Å²) in [4.78, 5) is 23.3. The minimum atomic E-state index is -0.0701. The fraction of sp³-hybridized carbons (Fsp3) is 0.682. The number of hydrogen-bond acceptors (Lipinski definition) is 5. The van der Waals surface area contributed by atoms with E-state index < -0.39 is 0 Å². The summed E-state index contributed by atoms with van der Waals surface area (Å²) in [6.45, 7) is 11.3. The molecule has 0 aromatic carbocycles. The molecule has 1 aliphatic rings. The van der Waals surface area contributed by atoms with Crippen LogP contribution in [0.15, 0.2) is 23.2 Å². The second-order valence-electron chi connectivity index (χ2n) is 7.63. The molecule has 0 aliphatic carbocycles. The zero-order chi connectivity index (χ0) is 21.8. The third-order valence-corrected chi connectivity index (χ3v) is 5.61. The van der Waals surface area contributed by atoms with Crippen molar-refractivity contribution < 1.29 is 9.53 Å². The van der Waals surface area contributed by atoms with Crippen molar-refractivity contribution in [3.05, 3.63) is 23.9 Å².